The third-order valence-electron chi connectivity index (χ3n) is 4.90. The van der Waals surface area contributed by atoms with E-state index in [0.717, 1.165) is 11.6 Å². The number of carbonyl (C=O) groups excluding carboxylic acids is 1. The summed E-state index contributed by atoms with van der Waals surface area (Å²) in [4.78, 5) is 29.7. The van der Waals surface area contributed by atoms with Crippen molar-refractivity contribution >= 4 is 11.7 Å². The van der Waals surface area contributed by atoms with E-state index >= 15 is 0 Å². The lowest BCUT2D eigenvalue weighted by atomic mass is 10.1. The van der Waals surface area contributed by atoms with Crippen LogP contribution in [-0.4, -0.2) is 70.7 Å². The van der Waals surface area contributed by atoms with E-state index < -0.39 is 0 Å². The van der Waals surface area contributed by atoms with Gasteiger partial charge in [-0.05, 0) is 12.1 Å². The number of nitrogens with zero attached hydrogens (tertiary/aromatic N) is 6. The number of amides is 1. The molecule has 0 bridgehead atoms. The number of hydrogen-bond donors (Lipinski definition) is 0. The molecule has 1 fully saturated rings. The summed E-state index contributed by atoms with van der Waals surface area (Å²) >= 11 is 0. The van der Waals surface area contributed by atoms with Gasteiger partial charge in [0, 0.05) is 56.3 Å². The highest BCUT2D eigenvalue weighted by atomic mass is 16.5. The number of anilines is 1. The van der Waals surface area contributed by atoms with Gasteiger partial charge in [0.25, 0.3) is 5.91 Å². The molecule has 4 rings (SSSR count). The number of methoxy groups -OCH3 is 2. The van der Waals surface area contributed by atoms with Gasteiger partial charge >= 0.3 is 0 Å². The van der Waals surface area contributed by atoms with Crippen molar-refractivity contribution < 1.29 is 14.3 Å². The van der Waals surface area contributed by atoms with Crippen LogP contribution in [0.4, 0.5) is 5.82 Å². The summed E-state index contributed by atoms with van der Waals surface area (Å²) in [5.74, 6) is 2.75. The minimum absolute atomic E-state index is 0.0383. The average Bonchev–Trinajstić information content (AvgIpc) is 3.33. The molecular weight excluding hydrogens is 372 g/mol. The fraction of sp³-hybridized carbons (Fsp3) is 0.300. The van der Waals surface area contributed by atoms with Crippen LogP contribution in [0.5, 0.6) is 11.5 Å². The molecule has 0 spiro atoms. The summed E-state index contributed by atoms with van der Waals surface area (Å²) in [5.41, 5.74) is 0.555. The Hall–Kier alpha value is -3.62. The van der Waals surface area contributed by atoms with Gasteiger partial charge in [-0.25, -0.2) is 15.0 Å². The van der Waals surface area contributed by atoms with Gasteiger partial charge in [-0.2, -0.15) is 0 Å². The molecule has 1 aliphatic rings. The third kappa shape index (κ3) is 3.98. The molecular formula is C20H22N6O3. The molecule has 0 unspecified atom stereocenters. The standard InChI is InChI=1S/C20H22N6O3/c1-28-16-9-15(10-17(11-16)29-2)20(27)25-7-5-24(6-8-25)18-12-19(23-13-22-18)26-4-3-21-14-26/h3-4,9-14H,5-8H2,1-2H3. The van der Waals surface area contributed by atoms with Gasteiger partial charge in [0.1, 0.15) is 35.8 Å². The first-order valence-electron chi connectivity index (χ1n) is 9.25. The van der Waals surface area contributed by atoms with E-state index in [1.165, 1.54) is 0 Å². The summed E-state index contributed by atoms with van der Waals surface area (Å²) in [6, 6.07) is 7.14. The van der Waals surface area contributed by atoms with Crippen molar-refractivity contribution in [2.45, 2.75) is 0 Å². The Morgan fingerprint density at radius 3 is 2.24 bits per heavy atom. The minimum Gasteiger partial charge on any atom is -0.497 e. The summed E-state index contributed by atoms with van der Waals surface area (Å²) < 4.78 is 12.4. The number of rotatable bonds is 5. The molecule has 9 nitrogen and oxygen atoms in total. The van der Waals surface area contributed by atoms with Gasteiger partial charge in [0.05, 0.1) is 14.2 Å². The lowest BCUT2D eigenvalue weighted by Crippen LogP contribution is -2.49. The normalized spacial score (nSPS) is 14.0. The van der Waals surface area contributed by atoms with E-state index in [4.69, 9.17) is 9.47 Å². The number of benzene rings is 1. The van der Waals surface area contributed by atoms with E-state index in [2.05, 4.69) is 19.9 Å². The maximum Gasteiger partial charge on any atom is 0.254 e. The highest BCUT2D eigenvalue weighted by Gasteiger charge is 2.24. The van der Waals surface area contributed by atoms with Gasteiger partial charge in [-0.1, -0.05) is 0 Å². The van der Waals surface area contributed by atoms with Gasteiger partial charge in [0.2, 0.25) is 0 Å². The summed E-state index contributed by atoms with van der Waals surface area (Å²) in [7, 11) is 3.14. The zero-order valence-electron chi connectivity index (χ0n) is 16.4. The smallest absolute Gasteiger partial charge is 0.254 e. The van der Waals surface area contributed by atoms with Crippen LogP contribution < -0.4 is 14.4 Å². The SMILES string of the molecule is COc1cc(OC)cc(C(=O)N2CCN(c3cc(-n4ccnc4)ncn3)CC2)c1. The Balaban J connectivity index is 1.45. The van der Waals surface area contributed by atoms with E-state index in [1.54, 1.807) is 51.3 Å². The molecule has 9 heteroatoms. The summed E-state index contributed by atoms with van der Waals surface area (Å²) in [5, 5.41) is 0. The van der Waals surface area contributed by atoms with Crippen LogP contribution in [-0.2, 0) is 0 Å². The molecule has 0 aliphatic carbocycles. The largest absolute Gasteiger partial charge is 0.497 e. The molecule has 3 heterocycles. The van der Waals surface area contributed by atoms with Crippen molar-refractivity contribution in [3.8, 4) is 17.3 Å². The maximum absolute atomic E-state index is 12.9. The monoisotopic (exact) mass is 394 g/mol. The van der Waals surface area contributed by atoms with Gasteiger partial charge in [0.15, 0.2) is 0 Å². The molecule has 150 valence electrons. The number of ether oxygens (including phenoxy) is 2. The van der Waals surface area contributed by atoms with E-state index in [9.17, 15) is 4.79 Å². The number of carbonyl (C=O) groups is 1. The second-order valence-electron chi connectivity index (χ2n) is 6.58. The highest BCUT2D eigenvalue weighted by Crippen LogP contribution is 2.24. The zero-order chi connectivity index (χ0) is 20.2. The van der Waals surface area contributed by atoms with Gasteiger partial charge in [-0.3, -0.25) is 9.36 Å². The third-order valence-corrected chi connectivity index (χ3v) is 4.90. The molecule has 29 heavy (non-hydrogen) atoms. The molecule has 0 atom stereocenters. The number of aromatic nitrogens is 4. The zero-order valence-corrected chi connectivity index (χ0v) is 16.4. The van der Waals surface area contributed by atoms with Gasteiger partial charge in [-0.15, -0.1) is 0 Å². The molecule has 0 N–H and O–H groups in total. The number of piperazine rings is 1. The summed E-state index contributed by atoms with van der Waals surface area (Å²) in [6.45, 7) is 2.58. The Morgan fingerprint density at radius 1 is 0.931 bits per heavy atom. The first-order valence-corrected chi connectivity index (χ1v) is 9.25. The van der Waals surface area contributed by atoms with Crippen LogP contribution in [0.15, 0.2) is 49.3 Å². The predicted octanol–water partition coefficient (Wildman–Crippen LogP) is 1.64. The predicted molar refractivity (Wildman–Crippen MR) is 107 cm³/mol. The van der Waals surface area contributed by atoms with Crippen LogP contribution in [0.3, 0.4) is 0 Å². The van der Waals surface area contributed by atoms with Crippen LogP contribution in [0, 0.1) is 0 Å². The number of imidazole rings is 1. The van der Waals surface area contributed by atoms with Crippen molar-refractivity contribution in [1.82, 2.24) is 24.4 Å². The Kier molecular flexibility index (Phi) is 5.28. The van der Waals surface area contributed by atoms with E-state index in [-0.39, 0.29) is 5.91 Å². The molecule has 0 radical (unpaired) electrons. The maximum atomic E-state index is 12.9. The van der Waals surface area contributed by atoms with Crippen molar-refractivity contribution in [1.29, 1.82) is 0 Å². The fourth-order valence-corrected chi connectivity index (χ4v) is 3.30. The molecule has 3 aromatic rings. The van der Waals surface area contributed by atoms with Crippen molar-refractivity contribution in [3.63, 3.8) is 0 Å². The lowest BCUT2D eigenvalue weighted by molar-refractivity contribution is 0.0745. The second kappa shape index (κ2) is 8.17. The first kappa shape index (κ1) is 18.7. The molecule has 1 aliphatic heterocycles. The van der Waals surface area contributed by atoms with Crippen LogP contribution >= 0.6 is 0 Å². The highest BCUT2D eigenvalue weighted by molar-refractivity contribution is 5.95. The molecule has 1 aromatic carbocycles. The van der Waals surface area contributed by atoms with Gasteiger partial charge < -0.3 is 19.3 Å². The summed E-state index contributed by atoms with van der Waals surface area (Å²) in [6.07, 6.45) is 6.79. The van der Waals surface area contributed by atoms with Crippen LogP contribution in [0.1, 0.15) is 10.4 Å². The molecule has 1 saturated heterocycles. The minimum atomic E-state index is -0.0383. The Labute approximate surface area is 168 Å². The topological polar surface area (TPSA) is 85.6 Å². The fourth-order valence-electron chi connectivity index (χ4n) is 3.30. The van der Waals surface area contributed by atoms with Crippen molar-refractivity contribution in [2.75, 3.05) is 45.3 Å². The van der Waals surface area contributed by atoms with Crippen molar-refractivity contribution in [2.24, 2.45) is 0 Å². The first-order chi connectivity index (χ1) is 14.2. The molecule has 1 amide bonds. The van der Waals surface area contributed by atoms with Crippen LogP contribution in [0.25, 0.3) is 5.82 Å². The molecule has 2 aromatic heterocycles. The Bertz CT molecular complexity index is 961. The Morgan fingerprint density at radius 2 is 1.62 bits per heavy atom. The number of hydrogen-bond acceptors (Lipinski definition) is 7. The average molecular weight is 394 g/mol. The second-order valence-corrected chi connectivity index (χ2v) is 6.58. The van der Waals surface area contributed by atoms with Crippen molar-refractivity contribution in [3.05, 3.63) is 54.9 Å². The lowest BCUT2D eigenvalue weighted by Gasteiger charge is -2.35. The van der Waals surface area contributed by atoms with E-state index in [1.807, 2.05) is 21.7 Å². The van der Waals surface area contributed by atoms with Crippen LogP contribution in [0.2, 0.25) is 0 Å². The molecule has 0 saturated carbocycles. The quantitative estimate of drug-likeness (QED) is 0.650. The van der Waals surface area contributed by atoms with E-state index in [0.29, 0.717) is 43.2 Å².